The van der Waals surface area contributed by atoms with Gasteiger partial charge in [-0.1, -0.05) is 26.0 Å². The lowest BCUT2D eigenvalue weighted by Crippen LogP contribution is -2.15. The maximum atomic E-state index is 11.8. The summed E-state index contributed by atoms with van der Waals surface area (Å²) in [4.78, 5) is 16.2. The Hall–Kier alpha value is -1.72. The lowest BCUT2D eigenvalue weighted by atomic mass is 10.1. The van der Waals surface area contributed by atoms with Gasteiger partial charge in [0.15, 0.2) is 0 Å². The molecule has 0 aliphatic rings. The van der Waals surface area contributed by atoms with Crippen LogP contribution in [0.5, 0.6) is 0 Å². The van der Waals surface area contributed by atoms with Gasteiger partial charge in [0.05, 0.1) is 10.7 Å². The quantitative estimate of drug-likeness (QED) is 0.818. The number of rotatable bonds is 7. The average molecular weight is 317 g/mol. The molecule has 0 saturated heterocycles. The number of hydrogen-bond acceptors (Lipinski definition) is 4. The monoisotopic (exact) mass is 317 g/mol. The molecule has 1 aromatic heterocycles. The summed E-state index contributed by atoms with van der Waals surface area (Å²) in [6, 6.07) is 7.95. The summed E-state index contributed by atoms with van der Waals surface area (Å²) < 4.78 is 0. The summed E-state index contributed by atoms with van der Waals surface area (Å²) in [5.41, 5.74) is 3.08. The van der Waals surface area contributed by atoms with Gasteiger partial charge in [0.2, 0.25) is 5.91 Å². The van der Waals surface area contributed by atoms with Crippen LogP contribution in [0.3, 0.4) is 0 Å². The Labute approximate surface area is 136 Å². The predicted molar refractivity (Wildman–Crippen MR) is 91.9 cm³/mol. The fraction of sp³-hybridized carbons (Fsp3) is 0.412. The Morgan fingerprint density at radius 3 is 2.82 bits per heavy atom. The summed E-state index contributed by atoms with van der Waals surface area (Å²) in [5, 5.41) is 9.49. The molecule has 2 N–H and O–H groups in total. The molecule has 2 rings (SSSR count). The first-order chi connectivity index (χ1) is 10.5. The number of aromatic nitrogens is 1. The van der Waals surface area contributed by atoms with Crippen molar-refractivity contribution in [2.75, 3.05) is 5.32 Å². The second kappa shape index (κ2) is 8.06. The molecule has 0 atom stereocenters. The molecular formula is C17H23N3OS. The van der Waals surface area contributed by atoms with Crippen molar-refractivity contribution in [2.24, 2.45) is 5.92 Å². The molecule has 0 saturated carbocycles. The number of anilines is 1. The molecule has 1 aromatic carbocycles. The first-order valence-electron chi connectivity index (χ1n) is 7.53. The van der Waals surface area contributed by atoms with Crippen molar-refractivity contribution in [1.29, 1.82) is 0 Å². The minimum absolute atomic E-state index is 0.0676. The van der Waals surface area contributed by atoms with E-state index < -0.39 is 0 Å². The van der Waals surface area contributed by atoms with Crippen LogP contribution in [0.25, 0.3) is 0 Å². The SMILES string of the molecule is Cc1nc(CNCc2cccc(NC(=O)CC(C)C)c2)cs1. The number of carbonyl (C=O) groups is 1. The van der Waals surface area contributed by atoms with Crippen LogP contribution in [0.2, 0.25) is 0 Å². The fourth-order valence-electron chi connectivity index (χ4n) is 2.17. The highest BCUT2D eigenvalue weighted by Crippen LogP contribution is 2.13. The highest BCUT2D eigenvalue weighted by molar-refractivity contribution is 7.09. The van der Waals surface area contributed by atoms with Gasteiger partial charge in [-0.2, -0.15) is 0 Å². The van der Waals surface area contributed by atoms with Crippen LogP contribution < -0.4 is 10.6 Å². The molecule has 0 aliphatic heterocycles. The van der Waals surface area contributed by atoms with Crippen LogP contribution in [-0.2, 0) is 17.9 Å². The molecule has 0 fully saturated rings. The van der Waals surface area contributed by atoms with Gasteiger partial charge in [0.25, 0.3) is 0 Å². The maximum absolute atomic E-state index is 11.8. The van der Waals surface area contributed by atoms with Gasteiger partial charge in [-0.3, -0.25) is 4.79 Å². The summed E-state index contributed by atoms with van der Waals surface area (Å²) in [6.45, 7) is 7.61. The van der Waals surface area contributed by atoms with E-state index in [1.54, 1.807) is 11.3 Å². The lowest BCUT2D eigenvalue weighted by molar-refractivity contribution is -0.116. The van der Waals surface area contributed by atoms with Crippen LogP contribution >= 0.6 is 11.3 Å². The number of carbonyl (C=O) groups excluding carboxylic acids is 1. The van der Waals surface area contributed by atoms with Crippen LogP contribution in [0, 0.1) is 12.8 Å². The van der Waals surface area contributed by atoms with Gasteiger partial charge < -0.3 is 10.6 Å². The van der Waals surface area contributed by atoms with E-state index in [4.69, 9.17) is 0 Å². The molecule has 118 valence electrons. The van der Waals surface area contributed by atoms with Gasteiger partial charge >= 0.3 is 0 Å². The van der Waals surface area contributed by atoms with Gasteiger partial charge in [0, 0.05) is 30.6 Å². The molecule has 22 heavy (non-hydrogen) atoms. The van der Waals surface area contributed by atoms with Crippen molar-refractivity contribution >= 4 is 22.9 Å². The number of nitrogens with zero attached hydrogens (tertiary/aromatic N) is 1. The molecular weight excluding hydrogens is 294 g/mol. The first-order valence-corrected chi connectivity index (χ1v) is 8.41. The molecule has 0 bridgehead atoms. The summed E-state index contributed by atoms with van der Waals surface area (Å²) in [7, 11) is 0. The number of aryl methyl sites for hydroxylation is 1. The van der Waals surface area contributed by atoms with Gasteiger partial charge in [-0.05, 0) is 30.5 Å². The van der Waals surface area contributed by atoms with E-state index in [0.717, 1.165) is 35.0 Å². The lowest BCUT2D eigenvalue weighted by Gasteiger charge is -2.09. The number of hydrogen-bond donors (Lipinski definition) is 2. The third kappa shape index (κ3) is 5.58. The largest absolute Gasteiger partial charge is 0.326 e. The van der Waals surface area contributed by atoms with E-state index >= 15 is 0 Å². The van der Waals surface area contributed by atoms with Crippen LogP contribution in [0.1, 0.15) is 36.5 Å². The molecule has 0 unspecified atom stereocenters. The minimum atomic E-state index is 0.0676. The van der Waals surface area contributed by atoms with E-state index in [1.807, 2.05) is 39.0 Å². The molecule has 0 spiro atoms. The Morgan fingerprint density at radius 1 is 1.32 bits per heavy atom. The van der Waals surface area contributed by atoms with Crippen molar-refractivity contribution < 1.29 is 4.79 Å². The Kier molecular flexibility index (Phi) is 6.10. The van der Waals surface area contributed by atoms with E-state index in [1.165, 1.54) is 0 Å². The fourth-order valence-corrected chi connectivity index (χ4v) is 2.78. The zero-order valence-corrected chi connectivity index (χ0v) is 14.2. The third-order valence-electron chi connectivity index (χ3n) is 3.11. The summed E-state index contributed by atoms with van der Waals surface area (Å²) >= 11 is 1.67. The Bertz CT molecular complexity index is 622. The standard InChI is InChI=1S/C17H23N3OS/c1-12(2)7-17(21)20-15-6-4-5-14(8-15)9-18-10-16-11-22-13(3)19-16/h4-6,8,11-12,18H,7,9-10H2,1-3H3,(H,20,21). The van der Waals surface area contributed by atoms with E-state index in [9.17, 15) is 4.79 Å². The predicted octanol–water partition coefficient (Wildman–Crippen LogP) is 3.73. The molecule has 4 nitrogen and oxygen atoms in total. The van der Waals surface area contributed by atoms with Crippen molar-refractivity contribution in [3.63, 3.8) is 0 Å². The molecule has 0 aliphatic carbocycles. The van der Waals surface area contributed by atoms with Crippen molar-refractivity contribution in [2.45, 2.75) is 40.3 Å². The second-order valence-corrected chi connectivity index (χ2v) is 6.87. The highest BCUT2D eigenvalue weighted by atomic mass is 32.1. The Balaban J connectivity index is 1.84. The summed E-state index contributed by atoms with van der Waals surface area (Å²) in [6.07, 6.45) is 0.547. The molecule has 1 amide bonds. The summed E-state index contributed by atoms with van der Waals surface area (Å²) in [5.74, 6) is 0.435. The van der Waals surface area contributed by atoms with Crippen molar-refractivity contribution in [3.8, 4) is 0 Å². The normalized spacial score (nSPS) is 10.9. The molecule has 5 heteroatoms. The topological polar surface area (TPSA) is 54.0 Å². The molecule has 1 heterocycles. The van der Waals surface area contributed by atoms with Gasteiger partial charge in [-0.25, -0.2) is 4.98 Å². The van der Waals surface area contributed by atoms with Crippen molar-refractivity contribution in [1.82, 2.24) is 10.3 Å². The molecule has 0 radical (unpaired) electrons. The van der Waals surface area contributed by atoms with Crippen LogP contribution in [-0.4, -0.2) is 10.9 Å². The van der Waals surface area contributed by atoms with E-state index in [0.29, 0.717) is 12.3 Å². The van der Waals surface area contributed by atoms with Gasteiger partial charge in [-0.15, -0.1) is 11.3 Å². The van der Waals surface area contributed by atoms with Gasteiger partial charge in [0.1, 0.15) is 0 Å². The average Bonchev–Trinajstić information content (AvgIpc) is 2.84. The number of amides is 1. The van der Waals surface area contributed by atoms with E-state index in [-0.39, 0.29) is 5.91 Å². The van der Waals surface area contributed by atoms with E-state index in [2.05, 4.69) is 27.1 Å². The van der Waals surface area contributed by atoms with Crippen LogP contribution in [0.15, 0.2) is 29.6 Å². The smallest absolute Gasteiger partial charge is 0.224 e. The van der Waals surface area contributed by atoms with Crippen LogP contribution in [0.4, 0.5) is 5.69 Å². The third-order valence-corrected chi connectivity index (χ3v) is 3.93. The minimum Gasteiger partial charge on any atom is -0.326 e. The second-order valence-electron chi connectivity index (χ2n) is 5.81. The number of nitrogens with one attached hydrogen (secondary N) is 2. The van der Waals surface area contributed by atoms with Crippen molar-refractivity contribution in [3.05, 3.63) is 45.9 Å². The Morgan fingerprint density at radius 2 is 2.14 bits per heavy atom. The molecule has 2 aromatic rings. The highest BCUT2D eigenvalue weighted by Gasteiger charge is 2.05. The first kappa shape index (κ1) is 16.6. The number of thiazole rings is 1. The zero-order valence-electron chi connectivity index (χ0n) is 13.3. The zero-order chi connectivity index (χ0) is 15.9. The number of benzene rings is 1. The maximum Gasteiger partial charge on any atom is 0.224 e.